The molecule has 1 amide bonds. The third-order valence-corrected chi connectivity index (χ3v) is 6.86. The zero-order valence-corrected chi connectivity index (χ0v) is 21.0. The smallest absolute Gasteiger partial charge is 0.262 e. The number of para-hydroxylation sites is 1. The number of rotatable bonds is 7. The lowest BCUT2D eigenvalue weighted by atomic mass is 10.2. The Hall–Kier alpha value is -4.11. The number of fused-ring (bicyclic) bond motifs is 1. The predicted octanol–water partition coefficient (Wildman–Crippen LogP) is 4.88. The molecule has 9 heteroatoms. The van der Waals surface area contributed by atoms with Gasteiger partial charge in [0.25, 0.3) is 5.56 Å². The zero-order chi connectivity index (χ0) is 25.2. The van der Waals surface area contributed by atoms with E-state index in [1.165, 1.54) is 17.3 Å². The highest BCUT2D eigenvalue weighted by Crippen LogP contribution is 2.24. The number of amides is 1. The lowest BCUT2D eigenvalue weighted by Gasteiger charge is -2.12. The molecule has 182 valence electrons. The minimum Gasteiger partial charge on any atom is -0.467 e. The molecule has 0 aliphatic rings. The van der Waals surface area contributed by atoms with Gasteiger partial charge in [-0.25, -0.2) is 9.67 Å². The normalized spacial score (nSPS) is 11.2. The number of benzene rings is 2. The van der Waals surface area contributed by atoms with Crippen LogP contribution in [0.25, 0.3) is 16.6 Å². The van der Waals surface area contributed by atoms with Crippen LogP contribution < -0.4 is 10.9 Å². The van der Waals surface area contributed by atoms with Gasteiger partial charge in [0, 0.05) is 0 Å². The second-order valence-corrected chi connectivity index (χ2v) is 9.45. The standard InChI is InChI=1S/C27H25N5O3S/c1-17-10-12-20(13-11-17)32-19(3)25(18(2)30-32)29-24(33)16-36-27-28-23-9-5-4-8-22(23)26(34)31(27)15-21-7-6-14-35-21/h4-14H,15-16H2,1-3H3,(H,29,33). The molecule has 0 saturated carbocycles. The fourth-order valence-electron chi connectivity index (χ4n) is 4.02. The summed E-state index contributed by atoms with van der Waals surface area (Å²) in [6, 6.07) is 18.8. The third-order valence-electron chi connectivity index (χ3n) is 5.89. The molecule has 5 rings (SSSR count). The van der Waals surface area contributed by atoms with Crippen molar-refractivity contribution in [3.05, 3.63) is 100.0 Å². The number of nitrogens with one attached hydrogen (secondary N) is 1. The molecule has 0 fully saturated rings. The van der Waals surface area contributed by atoms with E-state index in [2.05, 4.69) is 15.4 Å². The predicted molar refractivity (Wildman–Crippen MR) is 141 cm³/mol. The van der Waals surface area contributed by atoms with Gasteiger partial charge in [0.2, 0.25) is 5.91 Å². The average Bonchev–Trinajstić information content (AvgIpc) is 3.49. The molecule has 2 aromatic carbocycles. The minimum atomic E-state index is -0.207. The molecule has 8 nitrogen and oxygen atoms in total. The highest BCUT2D eigenvalue weighted by atomic mass is 32.2. The molecule has 36 heavy (non-hydrogen) atoms. The largest absolute Gasteiger partial charge is 0.467 e. The molecule has 0 atom stereocenters. The number of anilines is 1. The number of aromatic nitrogens is 4. The SMILES string of the molecule is Cc1ccc(-n2nc(C)c(NC(=O)CSc3nc4ccccc4c(=O)n3Cc3ccco3)c2C)cc1. The van der Waals surface area contributed by atoms with Gasteiger partial charge in [-0.15, -0.1) is 0 Å². The van der Waals surface area contributed by atoms with Crippen LogP contribution in [0.3, 0.4) is 0 Å². The highest BCUT2D eigenvalue weighted by molar-refractivity contribution is 7.99. The molecule has 3 heterocycles. The Morgan fingerprint density at radius 1 is 1.03 bits per heavy atom. The van der Waals surface area contributed by atoms with Gasteiger partial charge >= 0.3 is 0 Å². The monoisotopic (exact) mass is 499 g/mol. The van der Waals surface area contributed by atoms with Crippen LogP contribution in [-0.2, 0) is 11.3 Å². The first-order valence-electron chi connectivity index (χ1n) is 11.5. The summed E-state index contributed by atoms with van der Waals surface area (Å²) in [5.41, 5.74) is 4.76. The maximum atomic E-state index is 13.2. The number of hydrogen-bond acceptors (Lipinski definition) is 6. The molecule has 1 N–H and O–H groups in total. The second kappa shape index (κ2) is 9.87. The van der Waals surface area contributed by atoms with Crippen LogP contribution in [0, 0.1) is 20.8 Å². The van der Waals surface area contributed by atoms with Crippen LogP contribution in [0.4, 0.5) is 5.69 Å². The molecule has 0 aliphatic heterocycles. The van der Waals surface area contributed by atoms with Crippen LogP contribution in [0.15, 0.2) is 81.3 Å². The zero-order valence-electron chi connectivity index (χ0n) is 20.2. The van der Waals surface area contributed by atoms with Crippen molar-refractivity contribution in [1.82, 2.24) is 19.3 Å². The van der Waals surface area contributed by atoms with Gasteiger partial charge < -0.3 is 9.73 Å². The number of thioether (sulfide) groups is 1. The second-order valence-electron chi connectivity index (χ2n) is 8.51. The fourth-order valence-corrected chi connectivity index (χ4v) is 4.82. The van der Waals surface area contributed by atoms with Gasteiger partial charge in [0.05, 0.1) is 52.2 Å². The van der Waals surface area contributed by atoms with Gasteiger partial charge in [-0.05, 0) is 57.2 Å². The molecule has 0 radical (unpaired) electrons. The Kier molecular flexibility index (Phi) is 6.47. The first-order chi connectivity index (χ1) is 17.4. The third kappa shape index (κ3) is 4.70. The Balaban J connectivity index is 1.38. The van der Waals surface area contributed by atoms with Crippen molar-refractivity contribution in [2.75, 3.05) is 11.1 Å². The molecule has 5 aromatic rings. The van der Waals surface area contributed by atoms with E-state index in [9.17, 15) is 9.59 Å². The van der Waals surface area contributed by atoms with Crippen molar-refractivity contribution in [3.63, 3.8) is 0 Å². The number of aryl methyl sites for hydroxylation is 2. The van der Waals surface area contributed by atoms with Crippen molar-refractivity contribution in [1.29, 1.82) is 0 Å². The van der Waals surface area contributed by atoms with Crippen LogP contribution >= 0.6 is 11.8 Å². The number of carbonyl (C=O) groups excluding carboxylic acids is 1. The summed E-state index contributed by atoms with van der Waals surface area (Å²) in [7, 11) is 0. The van der Waals surface area contributed by atoms with E-state index < -0.39 is 0 Å². The van der Waals surface area contributed by atoms with Gasteiger partial charge in [0.15, 0.2) is 5.16 Å². The Labute approximate surface area is 212 Å². The van der Waals surface area contributed by atoms with Gasteiger partial charge in [-0.2, -0.15) is 5.10 Å². The fraction of sp³-hybridized carbons (Fsp3) is 0.185. The van der Waals surface area contributed by atoms with E-state index in [0.29, 0.717) is 27.5 Å². The summed E-state index contributed by atoms with van der Waals surface area (Å²) in [6.07, 6.45) is 1.57. The Morgan fingerprint density at radius 2 is 1.81 bits per heavy atom. The first-order valence-corrected chi connectivity index (χ1v) is 12.5. The van der Waals surface area contributed by atoms with Gasteiger partial charge in [-0.1, -0.05) is 41.6 Å². The highest BCUT2D eigenvalue weighted by Gasteiger charge is 2.18. The molecule has 3 aromatic heterocycles. The number of hydrogen-bond donors (Lipinski definition) is 1. The summed E-state index contributed by atoms with van der Waals surface area (Å²) < 4.78 is 8.82. The summed E-state index contributed by atoms with van der Waals surface area (Å²) >= 11 is 1.21. The van der Waals surface area contributed by atoms with E-state index in [1.807, 2.05) is 61.9 Å². The maximum absolute atomic E-state index is 13.2. The van der Waals surface area contributed by atoms with E-state index in [-0.39, 0.29) is 23.8 Å². The molecule has 0 spiro atoms. The number of carbonyl (C=O) groups is 1. The summed E-state index contributed by atoms with van der Waals surface area (Å²) in [6.45, 7) is 6.06. The lowest BCUT2D eigenvalue weighted by Crippen LogP contribution is -2.24. The minimum absolute atomic E-state index is 0.0809. The average molecular weight is 500 g/mol. The van der Waals surface area contributed by atoms with Crippen molar-refractivity contribution in [2.24, 2.45) is 0 Å². The van der Waals surface area contributed by atoms with Crippen LogP contribution in [-0.4, -0.2) is 31.0 Å². The number of furan rings is 1. The molecular formula is C27H25N5O3S. The van der Waals surface area contributed by atoms with Crippen molar-refractivity contribution < 1.29 is 9.21 Å². The van der Waals surface area contributed by atoms with Crippen molar-refractivity contribution in [2.45, 2.75) is 32.5 Å². The Bertz CT molecular complexity index is 1600. The van der Waals surface area contributed by atoms with Crippen LogP contribution in [0.1, 0.15) is 22.7 Å². The Morgan fingerprint density at radius 3 is 2.56 bits per heavy atom. The van der Waals surface area contributed by atoms with Gasteiger partial charge in [0.1, 0.15) is 5.76 Å². The summed E-state index contributed by atoms with van der Waals surface area (Å²) in [5.74, 6) is 0.509. The van der Waals surface area contributed by atoms with E-state index in [1.54, 1.807) is 35.1 Å². The summed E-state index contributed by atoms with van der Waals surface area (Å²) in [4.78, 5) is 30.8. The molecule has 0 saturated heterocycles. The molecule has 0 unspecified atom stereocenters. The first kappa shape index (κ1) is 23.6. The lowest BCUT2D eigenvalue weighted by molar-refractivity contribution is -0.113. The van der Waals surface area contributed by atoms with Crippen molar-refractivity contribution >= 4 is 34.3 Å². The molecular weight excluding hydrogens is 474 g/mol. The van der Waals surface area contributed by atoms with E-state index in [0.717, 1.165) is 17.1 Å². The summed E-state index contributed by atoms with van der Waals surface area (Å²) in [5, 5.41) is 8.57. The molecule has 0 aliphatic carbocycles. The quantitative estimate of drug-likeness (QED) is 0.253. The molecule has 0 bridgehead atoms. The topological polar surface area (TPSA) is 95.0 Å². The van der Waals surface area contributed by atoms with Crippen LogP contribution in [0.5, 0.6) is 0 Å². The maximum Gasteiger partial charge on any atom is 0.262 e. The van der Waals surface area contributed by atoms with E-state index >= 15 is 0 Å². The number of nitrogens with zero attached hydrogens (tertiary/aromatic N) is 4. The van der Waals surface area contributed by atoms with Crippen molar-refractivity contribution in [3.8, 4) is 5.69 Å². The van der Waals surface area contributed by atoms with E-state index in [4.69, 9.17) is 4.42 Å². The van der Waals surface area contributed by atoms with Gasteiger partial charge in [-0.3, -0.25) is 14.2 Å². The van der Waals surface area contributed by atoms with Crippen LogP contribution in [0.2, 0.25) is 0 Å².